The molecule has 0 saturated carbocycles. The summed E-state index contributed by atoms with van der Waals surface area (Å²) in [6.07, 6.45) is 3.15. The smallest absolute Gasteiger partial charge is 0.243 e. The second-order valence-electron chi connectivity index (χ2n) is 7.38. The van der Waals surface area contributed by atoms with Crippen molar-refractivity contribution in [3.63, 3.8) is 0 Å². The molecule has 0 atom stereocenters. The molecule has 1 aliphatic heterocycles. The molecule has 0 amide bonds. The summed E-state index contributed by atoms with van der Waals surface area (Å²) in [7, 11) is -3.43. The Bertz CT molecular complexity index is 987. The van der Waals surface area contributed by atoms with E-state index in [0.29, 0.717) is 23.5 Å². The molecule has 0 radical (unpaired) electrons. The number of fused-ring (bicyclic) bond motifs is 1. The molecular formula is C21H24N3O2S+. The molecule has 2 aliphatic rings. The third kappa shape index (κ3) is 3.63. The van der Waals surface area contributed by atoms with Crippen molar-refractivity contribution in [1.29, 1.82) is 5.26 Å². The normalized spacial score (nSPS) is 18.2. The Labute approximate surface area is 160 Å². The van der Waals surface area contributed by atoms with Gasteiger partial charge in [-0.3, -0.25) is 0 Å². The maximum Gasteiger partial charge on any atom is 0.243 e. The van der Waals surface area contributed by atoms with E-state index < -0.39 is 10.0 Å². The van der Waals surface area contributed by atoms with Gasteiger partial charge in [0.2, 0.25) is 10.0 Å². The van der Waals surface area contributed by atoms with Crippen LogP contribution in [-0.4, -0.2) is 38.9 Å². The number of rotatable bonds is 4. The van der Waals surface area contributed by atoms with Gasteiger partial charge in [0, 0.05) is 5.56 Å². The van der Waals surface area contributed by atoms with Crippen molar-refractivity contribution in [3.05, 3.63) is 64.7 Å². The largest absolute Gasteiger partial charge is 0.329 e. The lowest BCUT2D eigenvalue weighted by Gasteiger charge is -2.31. The predicted molar refractivity (Wildman–Crippen MR) is 103 cm³/mol. The number of sulfonamides is 1. The zero-order chi connectivity index (χ0) is 18.9. The summed E-state index contributed by atoms with van der Waals surface area (Å²) in [4.78, 5) is 1.75. The van der Waals surface area contributed by atoms with E-state index in [1.165, 1.54) is 16.0 Å². The number of nitriles is 1. The molecule has 1 fully saturated rings. The van der Waals surface area contributed by atoms with E-state index in [2.05, 4.69) is 6.07 Å². The molecule has 0 aromatic heterocycles. The van der Waals surface area contributed by atoms with E-state index in [-0.39, 0.29) is 0 Å². The van der Waals surface area contributed by atoms with E-state index in [4.69, 9.17) is 0 Å². The van der Waals surface area contributed by atoms with Gasteiger partial charge in [-0.05, 0) is 48.6 Å². The van der Waals surface area contributed by atoms with Gasteiger partial charge < -0.3 is 4.90 Å². The Morgan fingerprint density at radius 3 is 2.56 bits per heavy atom. The fourth-order valence-corrected chi connectivity index (χ4v) is 5.62. The van der Waals surface area contributed by atoms with E-state index in [1.54, 1.807) is 10.4 Å². The number of nitrogens with zero attached hydrogens (tertiary/aromatic N) is 2. The molecule has 1 heterocycles. The monoisotopic (exact) mass is 382 g/mol. The first-order valence-corrected chi connectivity index (χ1v) is 11.0. The van der Waals surface area contributed by atoms with Crippen LogP contribution < -0.4 is 4.90 Å². The first kappa shape index (κ1) is 18.2. The van der Waals surface area contributed by atoms with Gasteiger partial charge in [0.1, 0.15) is 6.54 Å². The molecule has 0 spiro atoms. The summed E-state index contributed by atoms with van der Waals surface area (Å²) in [5.74, 6) is 0. The van der Waals surface area contributed by atoms with Crippen LogP contribution in [0.1, 0.15) is 28.7 Å². The van der Waals surface area contributed by atoms with Crippen LogP contribution in [-0.2, 0) is 29.4 Å². The fourth-order valence-electron chi connectivity index (χ4n) is 4.13. The van der Waals surface area contributed by atoms with Crippen molar-refractivity contribution in [2.75, 3.05) is 26.2 Å². The summed E-state index contributed by atoms with van der Waals surface area (Å²) in [6, 6.07) is 15.5. The average Bonchev–Trinajstić information content (AvgIpc) is 3.17. The van der Waals surface area contributed by atoms with E-state index in [0.717, 1.165) is 44.5 Å². The first-order valence-electron chi connectivity index (χ1n) is 9.51. The highest BCUT2D eigenvalue weighted by atomic mass is 32.2. The van der Waals surface area contributed by atoms with Crippen LogP contribution in [0.4, 0.5) is 0 Å². The van der Waals surface area contributed by atoms with Crippen LogP contribution in [0.2, 0.25) is 0 Å². The number of piperazine rings is 1. The highest BCUT2D eigenvalue weighted by Crippen LogP contribution is 2.26. The van der Waals surface area contributed by atoms with Gasteiger partial charge in [-0.2, -0.15) is 9.57 Å². The first-order chi connectivity index (χ1) is 13.1. The molecule has 140 valence electrons. The topological polar surface area (TPSA) is 65.6 Å². The van der Waals surface area contributed by atoms with Gasteiger partial charge in [0.05, 0.1) is 42.7 Å². The molecule has 0 bridgehead atoms. The molecule has 2 aromatic rings. The number of hydrogen-bond acceptors (Lipinski definition) is 3. The standard InChI is InChI=1S/C21H23N3O2S/c22-15-19-4-1-2-5-20(19)16-23-10-12-24(13-11-23)27(25,26)21-9-8-17-6-3-7-18(17)14-21/h1-2,4-5,8-9,14H,3,6-7,10-13,16H2/p+1. The highest BCUT2D eigenvalue weighted by molar-refractivity contribution is 7.89. The van der Waals surface area contributed by atoms with Crippen molar-refractivity contribution in [3.8, 4) is 6.07 Å². The van der Waals surface area contributed by atoms with Crippen LogP contribution in [0, 0.1) is 11.3 Å². The lowest BCUT2D eigenvalue weighted by molar-refractivity contribution is -0.917. The molecule has 27 heavy (non-hydrogen) atoms. The second kappa shape index (κ2) is 7.43. The zero-order valence-corrected chi connectivity index (χ0v) is 16.1. The van der Waals surface area contributed by atoms with E-state index >= 15 is 0 Å². The molecule has 6 heteroatoms. The van der Waals surface area contributed by atoms with Crippen LogP contribution in [0.25, 0.3) is 0 Å². The number of hydrogen-bond donors (Lipinski definition) is 1. The Balaban J connectivity index is 1.43. The van der Waals surface area contributed by atoms with Gasteiger partial charge in [-0.15, -0.1) is 0 Å². The molecule has 0 unspecified atom stereocenters. The Hall–Kier alpha value is -2.20. The zero-order valence-electron chi connectivity index (χ0n) is 15.3. The molecular weight excluding hydrogens is 358 g/mol. The summed E-state index contributed by atoms with van der Waals surface area (Å²) in [6.45, 7) is 3.30. The molecule has 1 aliphatic carbocycles. The third-order valence-corrected chi connectivity index (χ3v) is 7.61. The lowest BCUT2D eigenvalue weighted by atomic mass is 10.1. The van der Waals surface area contributed by atoms with Crippen LogP contribution in [0.3, 0.4) is 0 Å². The van der Waals surface area contributed by atoms with Crippen LogP contribution in [0.5, 0.6) is 0 Å². The van der Waals surface area contributed by atoms with Gasteiger partial charge >= 0.3 is 0 Å². The SMILES string of the molecule is N#Cc1ccccc1C[NH+]1CCN(S(=O)(=O)c2ccc3c(c2)CCC3)CC1. The van der Waals surface area contributed by atoms with Gasteiger partial charge in [-0.1, -0.05) is 24.3 Å². The second-order valence-corrected chi connectivity index (χ2v) is 9.32. The maximum atomic E-state index is 13.0. The molecule has 1 N–H and O–H groups in total. The minimum atomic E-state index is -3.43. The highest BCUT2D eigenvalue weighted by Gasteiger charge is 2.31. The van der Waals surface area contributed by atoms with Crippen molar-refractivity contribution in [2.24, 2.45) is 0 Å². The third-order valence-electron chi connectivity index (χ3n) is 5.72. The summed E-state index contributed by atoms with van der Waals surface area (Å²) in [5.41, 5.74) is 4.22. The van der Waals surface area contributed by atoms with Crippen molar-refractivity contribution >= 4 is 10.0 Å². The van der Waals surface area contributed by atoms with Gasteiger partial charge in [0.25, 0.3) is 0 Å². The van der Waals surface area contributed by atoms with Gasteiger partial charge in [-0.25, -0.2) is 8.42 Å². The minimum absolute atomic E-state index is 0.432. The molecule has 5 nitrogen and oxygen atoms in total. The van der Waals surface area contributed by atoms with E-state index in [1.807, 2.05) is 36.4 Å². The van der Waals surface area contributed by atoms with Crippen LogP contribution >= 0.6 is 0 Å². The van der Waals surface area contributed by atoms with Crippen molar-refractivity contribution < 1.29 is 13.3 Å². The summed E-state index contributed by atoms with van der Waals surface area (Å²) in [5, 5.41) is 9.24. The fraction of sp³-hybridized carbons (Fsp3) is 0.381. The van der Waals surface area contributed by atoms with Crippen molar-refractivity contribution in [1.82, 2.24) is 4.31 Å². The number of aryl methyl sites for hydroxylation is 2. The summed E-state index contributed by atoms with van der Waals surface area (Å²) < 4.78 is 27.7. The number of benzene rings is 2. The molecule has 1 saturated heterocycles. The van der Waals surface area contributed by atoms with Crippen molar-refractivity contribution in [2.45, 2.75) is 30.7 Å². The quantitative estimate of drug-likeness (QED) is 0.862. The average molecular weight is 383 g/mol. The minimum Gasteiger partial charge on any atom is -0.329 e. The number of quaternary nitrogens is 1. The molecule has 2 aromatic carbocycles. The Morgan fingerprint density at radius 2 is 1.78 bits per heavy atom. The lowest BCUT2D eigenvalue weighted by Crippen LogP contribution is -3.13. The Morgan fingerprint density at radius 1 is 1.04 bits per heavy atom. The maximum absolute atomic E-state index is 13.0. The van der Waals surface area contributed by atoms with Gasteiger partial charge in [0.15, 0.2) is 0 Å². The summed E-state index contributed by atoms with van der Waals surface area (Å²) >= 11 is 0. The predicted octanol–water partition coefficient (Wildman–Crippen LogP) is 1.14. The molecule has 4 rings (SSSR count). The number of nitrogens with one attached hydrogen (secondary N) is 1. The van der Waals surface area contributed by atoms with E-state index in [9.17, 15) is 13.7 Å². The van der Waals surface area contributed by atoms with Crippen LogP contribution in [0.15, 0.2) is 47.4 Å². The Kier molecular flexibility index (Phi) is 5.00.